The van der Waals surface area contributed by atoms with E-state index in [1.807, 2.05) is 60.7 Å². The molecule has 0 aromatic heterocycles. The summed E-state index contributed by atoms with van der Waals surface area (Å²) in [4.78, 5) is 24.0. The second kappa shape index (κ2) is 10.6. The summed E-state index contributed by atoms with van der Waals surface area (Å²) >= 11 is 0. The number of rotatable bonds is 9. The minimum absolute atomic E-state index is 0.304. The maximum atomic E-state index is 12.3. The van der Waals surface area contributed by atoms with E-state index in [1.54, 1.807) is 20.8 Å². The summed E-state index contributed by atoms with van der Waals surface area (Å²) in [6, 6.07) is 18.1. The predicted octanol–water partition coefficient (Wildman–Crippen LogP) is 3.41. The van der Waals surface area contributed by atoms with Crippen LogP contribution in [0.5, 0.6) is 0 Å². The molecule has 156 valence electrons. The topological polar surface area (TPSA) is 87.7 Å². The van der Waals surface area contributed by atoms with Crippen molar-refractivity contribution in [3.05, 3.63) is 71.8 Å². The van der Waals surface area contributed by atoms with Crippen molar-refractivity contribution in [3.8, 4) is 0 Å². The molecule has 2 aromatic carbocycles. The first-order chi connectivity index (χ1) is 13.7. The quantitative estimate of drug-likeness (QED) is 0.603. The number of carbonyl (C=O) groups excluding carboxylic acids is 1. The second-order valence-electron chi connectivity index (χ2n) is 8.02. The molecule has 6 nitrogen and oxygen atoms in total. The highest BCUT2D eigenvalue weighted by Crippen LogP contribution is 2.09. The van der Waals surface area contributed by atoms with Gasteiger partial charge < -0.3 is 20.5 Å². The molecule has 2 unspecified atom stereocenters. The lowest BCUT2D eigenvalue weighted by Crippen LogP contribution is -2.49. The number of benzene rings is 2. The molecule has 0 aliphatic rings. The lowest BCUT2D eigenvalue weighted by atomic mass is 10.0. The molecule has 6 heteroatoms. The molecule has 2 atom stereocenters. The number of amides is 1. The van der Waals surface area contributed by atoms with Crippen LogP contribution in [0.3, 0.4) is 0 Å². The number of nitrogens with one attached hydrogen (secondary N) is 2. The van der Waals surface area contributed by atoms with Gasteiger partial charge in [-0.1, -0.05) is 60.7 Å². The van der Waals surface area contributed by atoms with E-state index in [0.29, 0.717) is 19.4 Å². The van der Waals surface area contributed by atoms with Crippen LogP contribution in [0.2, 0.25) is 0 Å². The van der Waals surface area contributed by atoms with Crippen molar-refractivity contribution < 1.29 is 19.4 Å². The van der Waals surface area contributed by atoms with Crippen LogP contribution >= 0.6 is 0 Å². The minimum atomic E-state index is -0.926. The molecule has 2 rings (SSSR count). The van der Waals surface area contributed by atoms with Crippen LogP contribution in [0.15, 0.2) is 60.7 Å². The van der Waals surface area contributed by atoms with E-state index in [1.165, 1.54) is 0 Å². The zero-order valence-electron chi connectivity index (χ0n) is 17.2. The molecular formula is C23H30N2O4. The standard InChI is InChI=1S/C23H30N2O4/c1-23(2,3)29-22(28)25-19(14-17-10-6-4-7-11-17)16-24-20(21(26)27)15-18-12-8-5-9-13-18/h4-13,19-20,24H,14-16H2,1-3H3,(H,25,28)(H,26,27). The molecule has 0 saturated heterocycles. The SMILES string of the molecule is CC(C)(C)OC(=O)NC(CNC(Cc1ccccc1)C(=O)O)Cc1ccccc1. The zero-order chi connectivity index (χ0) is 21.3. The molecule has 1 amide bonds. The maximum Gasteiger partial charge on any atom is 0.407 e. The average Bonchev–Trinajstić information content (AvgIpc) is 2.64. The summed E-state index contributed by atoms with van der Waals surface area (Å²) in [7, 11) is 0. The van der Waals surface area contributed by atoms with Crippen molar-refractivity contribution in [1.82, 2.24) is 10.6 Å². The monoisotopic (exact) mass is 398 g/mol. The van der Waals surface area contributed by atoms with Gasteiger partial charge in [-0.2, -0.15) is 0 Å². The Morgan fingerprint density at radius 2 is 1.45 bits per heavy atom. The number of carbonyl (C=O) groups is 2. The fraction of sp³-hybridized carbons (Fsp3) is 0.391. The Kier molecular flexibility index (Phi) is 8.21. The summed E-state index contributed by atoms with van der Waals surface area (Å²) < 4.78 is 5.36. The molecule has 0 bridgehead atoms. The number of carboxylic acids is 1. The van der Waals surface area contributed by atoms with E-state index in [-0.39, 0.29) is 6.04 Å². The van der Waals surface area contributed by atoms with Crippen LogP contribution < -0.4 is 10.6 Å². The van der Waals surface area contributed by atoms with Crippen molar-refractivity contribution in [2.45, 2.75) is 51.3 Å². The maximum absolute atomic E-state index is 12.3. The highest BCUT2D eigenvalue weighted by Gasteiger charge is 2.23. The molecule has 0 heterocycles. The van der Waals surface area contributed by atoms with E-state index in [9.17, 15) is 14.7 Å². The average molecular weight is 399 g/mol. The number of carboxylic acid groups (broad SMARTS) is 1. The van der Waals surface area contributed by atoms with Gasteiger partial charge in [0.2, 0.25) is 0 Å². The fourth-order valence-electron chi connectivity index (χ4n) is 2.93. The number of ether oxygens (including phenoxy) is 1. The predicted molar refractivity (Wildman–Crippen MR) is 113 cm³/mol. The molecule has 0 radical (unpaired) electrons. The van der Waals surface area contributed by atoms with Crippen LogP contribution in [-0.2, 0) is 22.4 Å². The molecule has 0 spiro atoms. The van der Waals surface area contributed by atoms with Gasteiger partial charge in [0.15, 0.2) is 0 Å². The van der Waals surface area contributed by atoms with Gasteiger partial charge in [-0.3, -0.25) is 4.79 Å². The normalized spacial score (nSPS) is 13.3. The van der Waals surface area contributed by atoms with Crippen molar-refractivity contribution in [2.24, 2.45) is 0 Å². The molecule has 0 fully saturated rings. The number of hydrogen-bond donors (Lipinski definition) is 3. The minimum Gasteiger partial charge on any atom is -0.480 e. The molecule has 0 aliphatic carbocycles. The van der Waals surface area contributed by atoms with Crippen LogP contribution in [0, 0.1) is 0 Å². The van der Waals surface area contributed by atoms with Crippen LogP contribution in [0.1, 0.15) is 31.9 Å². The van der Waals surface area contributed by atoms with E-state index in [2.05, 4.69) is 10.6 Å². The fourth-order valence-corrected chi connectivity index (χ4v) is 2.93. The van der Waals surface area contributed by atoms with Gasteiger partial charge in [0.1, 0.15) is 11.6 Å². The molecule has 0 aliphatic heterocycles. The third kappa shape index (κ3) is 8.79. The summed E-state index contributed by atoms with van der Waals surface area (Å²) in [5.74, 6) is -0.926. The van der Waals surface area contributed by atoms with Crippen molar-refractivity contribution >= 4 is 12.1 Å². The van der Waals surface area contributed by atoms with Crippen LogP contribution in [-0.4, -0.2) is 41.4 Å². The van der Waals surface area contributed by atoms with Crippen molar-refractivity contribution in [3.63, 3.8) is 0 Å². The Hall–Kier alpha value is -2.86. The number of hydrogen-bond acceptors (Lipinski definition) is 4. The van der Waals surface area contributed by atoms with Gasteiger partial charge in [0.05, 0.1) is 0 Å². The molecule has 29 heavy (non-hydrogen) atoms. The van der Waals surface area contributed by atoms with E-state index >= 15 is 0 Å². The zero-order valence-corrected chi connectivity index (χ0v) is 17.2. The van der Waals surface area contributed by atoms with Gasteiger partial charge in [-0.15, -0.1) is 0 Å². The van der Waals surface area contributed by atoms with Gasteiger partial charge in [-0.05, 0) is 44.7 Å². The highest BCUT2D eigenvalue weighted by atomic mass is 16.6. The lowest BCUT2D eigenvalue weighted by Gasteiger charge is -2.25. The summed E-state index contributed by atoms with van der Waals surface area (Å²) in [6.07, 6.45) is 0.404. The first-order valence-electron chi connectivity index (χ1n) is 9.76. The smallest absolute Gasteiger partial charge is 0.407 e. The largest absolute Gasteiger partial charge is 0.480 e. The first-order valence-corrected chi connectivity index (χ1v) is 9.76. The van der Waals surface area contributed by atoms with Crippen LogP contribution in [0.4, 0.5) is 4.79 Å². The Bertz CT molecular complexity index is 772. The van der Waals surface area contributed by atoms with Gasteiger partial charge >= 0.3 is 12.1 Å². The van der Waals surface area contributed by atoms with E-state index < -0.39 is 23.7 Å². The van der Waals surface area contributed by atoms with Crippen molar-refractivity contribution in [2.75, 3.05) is 6.54 Å². The summed E-state index contributed by atoms with van der Waals surface area (Å²) in [5.41, 5.74) is 1.38. The molecular weight excluding hydrogens is 368 g/mol. The van der Waals surface area contributed by atoms with Gasteiger partial charge in [0.25, 0.3) is 0 Å². The molecule has 3 N–H and O–H groups in total. The lowest BCUT2D eigenvalue weighted by molar-refractivity contribution is -0.139. The van der Waals surface area contributed by atoms with Gasteiger partial charge in [-0.25, -0.2) is 4.79 Å². The van der Waals surface area contributed by atoms with E-state index in [0.717, 1.165) is 11.1 Å². The second-order valence-corrected chi connectivity index (χ2v) is 8.02. The Morgan fingerprint density at radius 1 is 0.931 bits per heavy atom. The Labute approximate surface area is 172 Å². The number of aliphatic carboxylic acids is 1. The number of alkyl carbamates (subject to hydrolysis) is 1. The Balaban J connectivity index is 2.04. The third-order valence-electron chi connectivity index (χ3n) is 4.24. The molecule has 2 aromatic rings. The van der Waals surface area contributed by atoms with Crippen molar-refractivity contribution in [1.29, 1.82) is 0 Å². The van der Waals surface area contributed by atoms with Crippen LogP contribution in [0.25, 0.3) is 0 Å². The van der Waals surface area contributed by atoms with Gasteiger partial charge in [0, 0.05) is 12.6 Å². The Morgan fingerprint density at radius 3 is 1.93 bits per heavy atom. The summed E-state index contributed by atoms with van der Waals surface area (Å²) in [5, 5.41) is 15.5. The third-order valence-corrected chi connectivity index (χ3v) is 4.24. The highest BCUT2D eigenvalue weighted by molar-refractivity contribution is 5.74. The van der Waals surface area contributed by atoms with E-state index in [4.69, 9.17) is 4.74 Å². The first kappa shape index (κ1) is 22.4. The molecule has 0 saturated carbocycles. The summed E-state index contributed by atoms with van der Waals surface area (Å²) in [6.45, 7) is 5.71.